The molecule has 0 spiro atoms. The normalized spacial score (nSPS) is 10.3. The van der Waals surface area contributed by atoms with E-state index >= 15 is 0 Å². The number of hydrogen-bond donors (Lipinski definition) is 1. The summed E-state index contributed by atoms with van der Waals surface area (Å²) in [6.45, 7) is 8.27. The second-order valence-corrected chi connectivity index (χ2v) is 4.50. The standard InChI is InChI=1S/C10H11O3P.C4H10/c1-2-9-3-5-10(6-4-9)7-8-13-14(11)12;1-3-4-2/h2-6H,1,7-8H2;3-4H2,1-2H3/p+1. The van der Waals surface area contributed by atoms with E-state index in [0.29, 0.717) is 6.42 Å². The lowest BCUT2D eigenvalue weighted by molar-refractivity contribution is 0.285. The molecule has 1 aromatic carbocycles. The molecule has 100 valence electrons. The second-order valence-electron chi connectivity index (χ2n) is 3.77. The Morgan fingerprint density at radius 2 is 1.83 bits per heavy atom. The highest BCUT2D eigenvalue weighted by Gasteiger charge is 2.10. The molecule has 0 fully saturated rings. The summed E-state index contributed by atoms with van der Waals surface area (Å²) < 4.78 is 14.7. The van der Waals surface area contributed by atoms with E-state index in [-0.39, 0.29) is 6.61 Å². The first-order valence-electron chi connectivity index (χ1n) is 6.14. The zero-order valence-corrected chi connectivity index (χ0v) is 12.0. The van der Waals surface area contributed by atoms with Gasteiger partial charge in [-0.05, 0) is 11.1 Å². The summed E-state index contributed by atoms with van der Waals surface area (Å²) in [5, 5.41) is 0. The predicted molar refractivity (Wildman–Crippen MR) is 76.6 cm³/mol. The van der Waals surface area contributed by atoms with E-state index in [1.54, 1.807) is 6.08 Å². The third kappa shape index (κ3) is 9.06. The van der Waals surface area contributed by atoms with Gasteiger partial charge in [-0.15, -0.1) is 9.42 Å². The number of rotatable bonds is 6. The minimum absolute atomic E-state index is 0.263. The topological polar surface area (TPSA) is 46.5 Å². The Balaban J connectivity index is 0.000000631. The molecule has 0 saturated carbocycles. The molecule has 0 amide bonds. The van der Waals surface area contributed by atoms with E-state index in [1.807, 2.05) is 24.3 Å². The average molecular weight is 269 g/mol. The SMILES string of the molecule is C=Cc1ccc(CCO[P+](=O)O)cc1.CCCC. The van der Waals surface area contributed by atoms with Gasteiger partial charge in [0, 0.05) is 11.0 Å². The number of unbranched alkanes of at least 4 members (excludes halogenated alkanes) is 1. The van der Waals surface area contributed by atoms with Crippen LogP contribution >= 0.6 is 8.25 Å². The van der Waals surface area contributed by atoms with Crippen LogP contribution in [0.4, 0.5) is 0 Å². The van der Waals surface area contributed by atoms with E-state index in [2.05, 4.69) is 25.0 Å². The van der Waals surface area contributed by atoms with Crippen LogP contribution in [-0.2, 0) is 15.5 Å². The fourth-order valence-electron chi connectivity index (χ4n) is 1.06. The fourth-order valence-corrected chi connectivity index (χ4v) is 1.31. The lowest BCUT2D eigenvalue weighted by Crippen LogP contribution is -1.92. The van der Waals surface area contributed by atoms with E-state index in [4.69, 9.17) is 4.89 Å². The van der Waals surface area contributed by atoms with Crippen molar-refractivity contribution in [2.24, 2.45) is 0 Å². The van der Waals surface area contributed by atoms with Gasteiger partial charge in [0.05, 0.1) is 0 Å². The minimum Gasteiger partial charge on any atom is -0.133 e. The van der Waals surface area contributed by atoms with Crippen LogP contribution in [0.25, 0.3) is 6.08 Å². The molecule has 0 aliphatic heterocycles. The summed E-state index contributed by atoms with van der Waals surface area (Å²) in [6.07, 6.45) is 5.05. The zero-order chi connectivity index (χ0) is 13.8. The smallest absolute Gasteiger partial charge is 0.133 e. The summed E-state index contributed by atoms with van der Waals surface area (Å²) >= 11 is 0. The van der Waals surface area contributed by atoms with Crippen molar-refractivity contribution in [3.8, 4) is 0 Å². The van der Waals surface area contributed by atoms with Crippen molar-refractivity contribution >= 4 is 14.3 Å². The summed E-state index contributed by atoms with van der Waals surface area (Å²) in [5.41, 5.74) is 2.13. The molecule has 3 nitrogen and oxygen atoms in total. The Morgan fingerprint density at radius 3 is 2.22 bits per heavy atom. The van der Waals surface area contributed by atoms with Crippen LogP contribution in [0.3, 0.4) is 0 Å². The third-order valence-corrected chi connectivity index (χ3v) is 2.71. The summed E-state index contributed by atoms with van der Waals surface area (Å²) in [4.78, 5) is 8.39. The van der Waals surface area contributed by atoms with Crippen LogP contribution in [0.1, 0.15) is 37.8 Å². The molecule has 0 aliphatic rings. The quantitative estimate of drug-likeness (QED) is 0.781. The van der Waals surface area contributed by atoms with Crippen LogP contribution in [0.2, 0.25) is 0 Å². The Kier molecular flexibility index (Phi) is 10.5. The molecule has 0 aliphatic carbocycles. The highest BCUT2D eigenvalue weighted by molar-refractivity contribution is 7.32. The van der Waals surface area contributed by atoms with Crippen LogP contribution in [0.15, 0.2) is 30.8 Å². The van der Waals surface area contributed by atoms with Crippen molar-refractivity contribution in [2.45, 2.75) is 33.1 Å². The van der Waals surface area contributed by atoms with E-state index in [9.17, 15) is 4.57 Å². The average Bonchev–Trinajstić information content (AvgIpc) is 2.39. The first-order chi connectivity index (χ1) is 8.63. The van der Waals surface area contributed by atoms with Crippen LogP contribution < -0.4 is 0 Å². The minimum atomic E-state index is -2.47. The fraction of sp³-hybridized carbons (Fsp3) is 0.429. The maximum absolute atomic E-state index is 10.2. The van der Waals surface area contributed by atoms with Crippen LogP contribution in [0, 0.1) is 0 Å². The molecule has 1 aromatic rings. The van der Waals surface area contributed by atoms with E-state index < -0.39 is 8.25 Å². The highest BCUT2D eigenvalue weighted by atomic mass is 31.1. The molecule has 0 heterocycles. The molecule has 0 bridgehead atoms. The van der Waals surface area contributed by atoms with Crippen molar-refractivity contribution in [3.05, 3.63) is 42.0 Å². The van der Waals surface area contributed by atoms with Crippen molar-refractivity contribution in [1.82, 2.24) is 0 Å². The Labute approximate surface area is 110 Å². The van der Waals surface area contributed by atoms with Crippen molar-refractivity contribution in [2.75, 3.05) is 6.61 Å². The molecule has 0 aromatic heterocycles. The summed E-state index contributed by atoms with van der Waals surface area (Å²) in [5.74, 6) is 0. The van der Waals surface area contributed by atoms with Gasteiger partial charge >= 0.3 is 8.25 Å². The van der Waals surface area contributed by atoms with Crippen LogP contribution in [0.5, 0.6) is 0 Å². The van der Waals surface area contributed by atoms with Gasteiger partial charge in [0.1, 0.15) is 6.61 Å². The first-order valence-corrected chi connectivity index (χ1v) is 7.27. The maximum atomic E-state index is 10.2. The number of benzene rings is 1. The Bertz CT molecular complexity index is 345. The van der Waals surface area contributed by atoms with Gasteiger partial charge in [-0.1, -0.05) is 63.6 Å². The maximum Gasteiger partial charge on any atom is 0.694 e. The Morgan fingerprint density at radius 1 is 1.28 bits per heavy atom. The lowest BCUT2D eigenvalue weighted by Gasteiger charge is -1.97. The molecule has 0 saturated heterocycles. The van der Waals surface area contributed by atoms with Gasteiger partial charge < -0.3 is 0 Å². The summed E-state index contributed by atoms with van der Waals surface area (Å²) in [6, 6.07) is 7.79. The van der Waals surface area contributed by atoms with Gasteiger partial charge in [0.15, 0.2) is 0 Å². The van der Waals surface area contributed by atoms with Crippen molar-refractivity contribution in [1.29, 1.82) is 0 Å². The Hall–Kier alpha value is -1.02. The zero-order valence-electron chi connectivity index (χ0n) is 11.1. The van der Waals surface area contributed by atoms with Crippen molar-refractivity contribution in [3.63, 3.8) is 0 Å². The molecule has 1 rings (SSSR count). The molecule has 1 N–H and O–H groups in total. The first kappa shape index (κ1) is 17.0. The van der Waals surface area contributed by atoms with E-state index in [1.165, 1.54) is 12.8 Å². The largest absolute Gasteiger partial charge is 0.694 e. The van der Waals surface area contributed by atoms with Crippen LogP contribution in [-0.4, -0.2) is 11.5 Å². The van der Waals surface area contributed by atoms with Gasteiger partial charge in [-0.2, -0.15) is 0 Å². The predicted octanol–water partition coefficient (Wildman–Crippen LogP) is 4.34. The van der Waals surface area contributed by atoms with Gasteiger partial charge in [-0.25, -0.2) is 0 Å². The van der Waals surface area contributed by atoms with Crippen molar-refractivity contribution < 1.29 is 14.0 Å². The van der Waals surface area contributed by atoms with Gasteiger partial charge in [-0.3, -0.25) is 0 Å². The molecule has 1 atom stereocenters. The monoisotopic (exact) mass is 269 g/mol. The lowest BCUT2D eigenvalue weighted by atomic mass is 10.1. The number of hydrogen-bond acceptors (Lipinski definition) is 2. The molecular weight excluding hydrogens is 247 g/mol. The second kappa shape index (κ2) is 11.1. The third-order valence-electron chi connectivity index (χ3n) is 2.31. The van der Waals surface area contributed by atoms with Gasteiger partial charge in [0.2, 0.25) is 0 Å². The molecule has 0 radical (unpaired) electrons. The summed E-state index contributed by atoms with van der Waals surface area (Å²) in [7, 11) is -2.47. The molecule has 4 heteroatoms. The molecular formula is C14H22O3P+. The molecule has 1 unspecified atom stereocenters. The highest BCUT2D eigenvalue weighted by Crippen LogP contribution is 2.15. The van der Waals surface area contributed by atoms with Gasteiger partial charge in [0.25, 0.3) is 0 Å². The van der Waals surface area contributed by atoms with E-state index in [0.717, 1.165) is 11.1 Å². The molecule has 18 heavy (non-hydrogen) atoms.